The van der Waals surface area contributed by atoms with Crippen LogP contribution < -0.4 is 5.32 Å². The first-order chi connectivity index (χ1) is 7.85. The minimum atomic E-state index is -0.937. The maximum absolute atomic E-state index is 11.9. The number of carboxylic acids is 1. The number of anilines is 1. The van der Waals surface area contributed by atoms with Crippen LogP contribution in [0.5, 0.6) is 0 Å². The van der Waals surface area contributed by atoms with Crippen LogP contribution in [0.4, 0.5) is 5.95 Å². The highest BCUT2D eigenvalue weighted by atomic mass is 16.4. The van der Waals surface area contributed by atoms with Crippen LogP contribution in [0.15, 0.2) is 6.33 Å². The Labute approximate surface area is 97.8 Å². The largest absolute Gasteiger partial charge is 0.481 e. The van der Waals surface area contributed by atoms with E-state index in [4.69, 9.17) is 5.11 Å². The smallest absolute Gasteiger partial charge is 0.307 e. The van der Waals surface area contributed by atoms with Crippen molar-refractivity contribution in [2.45, 2.75) is 13.8 Å². The summed E-state index contributed by atoms with van der Waals surface area (Å²) in [7, 11) is 1.65. The number of carbonyl (C=O) groups is 2. The minimum absolute atomic E-state index is 0.321. The molecular weight excluding hydrogens is 224 g/mol. The molecule has 1 aromatic rings. The van der Waals surface area contributed by atoms with Gasteiger partial charge in [0, 0.05) is 7.05 Å². The van der Waals surface area contributed by atoms with Crippen LogP contribution in [-0.2, 0) is 16.6 Å². The summed E-state index contributed by atoms with van der Waals surface area (Å²) in [5.74, 6) is -2.08. The van der Waals surface area contributed by atoms with Gasteiger partial charge in [0.15, 0.2) is 0 Å². The Hall–Kier alpha value is -1.92. The summed E-state index contributed by atoms with van der Waals surface area (Å²) in [6.07, 6.45) is 1.32. The quantitative estimate of drug-likeness (QED) is 0.779. The number of nitrogens with one attached hydrogen (secondary N) is 1. The van der Waals surface area contributed by atoms with E-state index in [1.54, 1.807) is 20.9 Å². The number of aliphatic carboxylic acids is 1. The molecule has 2 unspecified atom stereocenters. The zero-order chi connectivity index (χ0) is 12.8. The number of carboxylic acid groups (broad SMARTS) is 1. The van der Waals surface area contributed by atoms with Gasteiger partial charge in [0.25, 0.3) is 0 Å². The molecule has 0 aliphatic heterocycles. The number of aromatic nitrogens is 3. The van der Waals surface area contributed by atoms with Gasteiger partial charge in [0.05, 0.1) is 11.8 Å². The lowest BCUT2D eigenvalue weighted by Crippen LogP contribution is -2.20. The Morgan fingerprint density at radius 1 is 1.47 bits per heavy atom. The van der Waals surface area contributed by atoms with E-state index in [1.165, 1.54) is 11.0 Å². The van der Waals surface area contributed by atoms with Crippen LogP contribution in [0.1, 0.15) is 13.8 Å². The van der Waals surface area contributed by atoms with Gasteiger partial charge in [-0.3, -0.25) is 14.9 Å². The predicted octanol–water partition coefficient (Wildman–Crippen LogP) is 0.110. The Morgan fingerprint density at radius 3 is 2.53 bits per heavy atom. The summed E-state index contributed by atoms with van der Waals surface area (Å²) in [6, 6.07) is 0. The third-order valence-electron chi connectivity index (χ3n) is 3.32. The first-order valence-electron chi connectivity index (χ1n) is 5.23. The number of amides is 1. The summed E-state index contributed by atoms with van der Waals surface area (Å²) in [4.78, 5) is 26.7. The number of hydrogen-bond donors (Lipinski definition) is 2. The molecule has 0 aromatic carbocycles. The summed E-state index contributed by atoms with van der Waals surface area (Å²) >= 11 is 0. The van der Waals surface area contributed by atoms with Crippen molar-refractivity contribution in [1.82, 2.24) is 14.8 Å². The van der Waals surface area contributed by atoms with Gasteiger partial charge in [-0.05, 0) is 5.41 Å². The summed E-state index contributed by atoms with van der Waals surface area (Å²) in [5.41, 5.74) is -0.505. The Morgan fingerprint density at radius 2 is 2.12 bits per heavy atom. The normalized spacial score (nSPS) is 25.4. The van der Waals surface area contributed by atoms with Crippen molar-refractivity contribution in [2.75, 3.05) is 5.32 Å². The summed E-state index contributed by atoms with van der Waals surface area (Å²) < 4.78 is 1.42. The molecule has 1 heterocycles. The van der Waals surface area contributed by atoms with Gasteiger partial charge in [-0.25, -0.2) is 4.68 Å². The molecule has 1 amide bonds. The van der Waals surface area contributed by atoms with E-state index >= 15 is 0 Å². The first-order valence-corrected chi connectivity index (χ1v) is 5.23. The molecule has 1 aliphatic rings. The number of nitrogens with zero attached hydrogens (tertiary/aromatic N) is 3. The van der Waals surface area contributed by atoms with Gasteiger partial charge in [0.1, 0.15) is 6.33 Å². The van der Waals surface area contributed by atoms with Crippen LogP contribution in [-0.4, -0.2) is 31.7 Å². The maximum atomic E-state index is 11.9. The van der Waals surface area contributed by atoms with Crippen molar-refractivity contribution in [3.05, 3.63) is 6.33 Å². The second-order valence-corrected chi connectivity index (χ2v) is 4.81. The maximum Gasteiger partial charge on any atom is 0.307 e. The molecule has 1 aromatic heterocycles. The van der Waals surface area contributed by atoms with Crippen molar-refractivity contribution in [2.24, 2.45) is 24.3 Å². The molecule has 2 rings (SSSR count). The molecule has 1 saturated carbocycles. The number of hydrogen-bond acceptors (Lipinski definition) is 4. The standard InChI is InChI=1S/C10H14N4O3/c1-10(2)5(6(10)8(16)17)7(15)13-9-11-4-12-14(9)3/h4-6H,1-3H3,(H,16,17)(H,11,12,13,15). The molecule has 0 saturated heterocycles. The molecule has 1 fully saturated rings. The average Bonchev–Trinajstić information content (AvgIpc) is 2.58. The third kappa shape index (κ3) is 1.77. The lowest BCUT2D eigenvalue weighted by Gasteiger charge is -2.04. The molecule has 7 nitrogen and oxygen atoms in total. The van der Waals surface area contributed by atoms with Crippen molar-refractivity contribution in [3.8, 4) is 0 Å². The van der Waals surface area contributed by atoms with E-state index in [1.807, 2.05) is 0 Å². The second-order valence-electron chi connectivity index (χ2n) is 4.81. The molecule has 1 aliphatic carbocycles. The van der Waals surface area contributed by atoms with Gasteiger partial charge in [-0.1, -0.05) is 13.8 Å². The first kappa shape index (κ1) is 11.6. The monoisotopic (exact) mass is 238 g/mol. The molecule has 2 atom stereocenters. The van der Waals surface area contributed by atoms with E-state index in [0.717, 1.165) is 0 Å². The molecular formula is C10H14N4O3. The van der Waals surface area contributed by atoms with E-state index < -0.39 is 23.2 Å². The highest BCUT2D eigenvalue weighted by Gasteiger charge is 2.66. The number of rotatable bonds is 3. The highest BCUT2D eigenvalue weighted by molar-refractivity contribution is 5.98. The minimum Gasteiger partial charge on any atom is -0.481 e. The molecule has 0 spiro atoms. The molecule has 17 heavy (non-hydrogen) atoms. The fourth-order valence-electron chi connectivity index (χ4n) is 2.19. The predicted molar refractivity (Wildman–Crippen MR) is 58.0 cm³/mol. The van der Waals surface area contributed by atoms with E-state index in [0.29, 0.717) is 5.95 Å². The van der Waals surface area contributed by atoms with Gasteiger partial charge >= 0.3 is 5.97 Å². The Balaban J connectivity index is 2.08. The molecule has 0 radical (unpaired) electrons. The fraction of sp³-hybridized carbons (Fsp3) is 0.600. The second kappa shape index (κ2) is 3.54. The zero-order valence-corrected chi connectivity index (χ0v) is 9.84. The zero-order valence-electron chi connectivity index (χ0n) is 9.84. The Kier molecular flexibility index (Phi) is 2.41. The van der Waals surface area contributed by atoms with Gasteiger partial charge in [-0.15, -0.1) is 0 Å². The van der Waals surface area contributed by atoms with Crippen molar-refractivity contribution >= 4 is 17.8 Å². The number of aryl methyl sites for hydroxylation is 1. The fourth-order valence-corrected chi connectivity index (χ4v) is 2.19. The molecule has 7 heteroatoms. The van der Waals surface area contributed by atoms with Gasteiger partial charge in [-0.2, -0.15) is 10.1 Å². The summed E-state index contributed by atoms with van der Waals surface area (Å²) in [6.45, 7) is 3.54. The van der Waals surface area contributed by atoms with Crippen LogP contribution >= 0.6 is 0 Å². The average molecular weight is 238 g/mol. The van der Waals surface area contributed by atoms with Crippen LogP contribution in [0.3, 0.4) is 0 Å². The third-order valence-corrected chi connectivity index (χ3v) is 3.32. The van der Waals surface area contributed by atoms with Crippen molar-refractivity contribution < 1.29 is 14.7 Å². The topological polar surface area (TPSA) is 97.1 Å². The van der Waals surface area contributed by atoms with Crippen LogP contribution in [0, 0.1) is 17.3 Å². The van der Waals surface area contributed by atoms with Crippen LogP contribution in [0.25, 0.3) is 0 Å². The van der Waals surface area contributed by atoms with Gasteiger partial charge < -0.3 is 5.11 Å². The van der Waals surface area contributed by atoms with E-state index in [2.05, 4.69) is 15.4 Å². The van der Waals surface area contributed by atoms with Gasteiger partial charge in [0.2, 0.25) is 11.9 Å². The number of carbonyl (C=O) groups excluding carboxylic acids is 1. The van der Waals surface area contributed by atoms with E-state index in [9.17, 15) is 9.59 Å². The lowest BCUT2D eigenvalue weighted by molar-refractivity contribution is -0.140. The highest BCUT2D eigenvalue weighted by Crippen LogP contribution is 2.58. The Bertz CT molecular complexity index is 480. The molecule has 2 N–H and O–H groups in total. The molecule has 92 valence electrons. The van der Waals surface area contributed by atoms with Crippen LogP contribution in [0.2, 0.25) is 0 Å². The van der Waals surface area contributed by atoms with Crippen molar-refractivity contribution in [1.29, 1.82) is 0 Å². The SMILES string of the molecule is Cn1ncnc1NC(=O)C1C(C(=O)O)C1(C)C. The molecule has 0 bridgehead atoms. The summed E-state index contributed by atoms with van der Waals surface area (Å²) in [5, 5.41) is 15.4. The van der Waals surface area contributed by atoms with E-state index in [-0.39, 0.29) is 5.91 Å². The lowest BCUT2D eigenvalue weighted by atomic mass is 10.1. The van der Waals surface area contributed by atoms with Crippen molar-refractivity contribution in [3.63, 3.8) is 0 Å².